The van der Waals surface area contributed by atoms with Gasteiger partial charge in [0.25, 0.3) is 0 Å². The smallest absolute Gasteiger partial charge is 0.313 e. The molecule has 0 aliphatic heterocycles. The van der Waals surface area contributed by atoms with Gasteiger partial charge in [0.2, 0.25) is 0 Å². The Morgan fingerprint density at radius 1 is 1.65 bits per heavy atom. The zero-order valence-corrected chi connectivity index (χ0v) is 11.0. The van der Waals surface area contributed by atoms with E-state index in [0.29, 0.717) is 5.16 Å². The van der Waals surface area contributed by atoms with E-state index < -0.39 is 15.8 Å². The summed E-state index contributed by atoms with van der Waals surface area (Å²) in [7, 11) is -3.10. The molecule has 0 aliphatic carbocycles. The fraction of sp³-hybridized carbons (Fsp3) is 0.625. The zero-order chi connectivity index (χ0) is 13.1. The van der Waals surface area contributed by atoms with Gasteiger partial charge in [-0.05, 0) is 6.92 Å². The van der Waals surface area contributed by atoms with Crippen LogP contribution < -0.4 is 0 Å². The van der Waals surface area contributed by atoms with Crippen molar-refractivity contribution in [1.29, 1.82) is 0 Å². The van der Waals surface area contributed by atoms with Crippen LogP contribution in [-0.4, -0.2) is 52.0 Å². The Morgan fingerprint density at radius 3 is 2.82 bits per heavy atom. The standard InChI is InChI=1S/C8H13N3O4S2/c1-6(4-17(2,14)15)11-5-9-10-8(11)16-3-7(12)13/h5-6H,3-4H2,1-2H3,(H,12,13). The summed E-state index contributed by atoms with van der Waals surface area (Å²) in [5.74, 6) is -1.13. The summed E-state index contributed by atoms with van der Waals surface area (Å²) < 4.78 is 23.9. The highest BCUT2D eigenvalue weighted by Gasteiger charge is 2.16. The maximum absolute atomic E-state index is 11.2. The Bertz CT molecular complexity index is 497. The lowest BCUT2D eigenvalue weighted by atomic mass is 10.4. The summed E-state index contributed by atoms with van der Waals surface area (Å²) in [5.41, 5.74) is 0. The number of aliphatic carboxylic acids is 1. The van der Waals surface area contributed by atoms with Crippen LogP contribution in [0.3, 0.4) is 0 Å². The first kappa shape index (κ1) is 14.0. The number of hydrogen-bond acceptors (Lipinski definition) is 6. The number of sulfone groups is 1. The van der Waals surface area contributed by atoms with Crippen molar-refractivity contribution in [3.05, 3.63) is 6.33 Å². The van der Waals surface area contributed by atoms with Crippen LogP contribution in [0.1, 0.15) is 13.0 Å². The molecule has 0 bridgehead atoms. The molecule has 9 heteroatoms. The molecule has 1 rings (SSSR count). The monoisotopic (exact) mass is 279 g/mol. The van der Waals surface area contributed by atoms with Crippen molar-refractivity contribution in [2.75, 3.05) is 17.8 Å². The van der Waals surface area contributed by atoms with Gasteiger partial charge in [0.1, 0.15) is 16.2 Å². The van der Waals surface area contributed by atoms with Crippen molar-refractivity contribution in [1.82, 2.24) is 14.8 Å². The topological polar surface area (TPSA) is 102 Å². The van der Waals surface area contributed by atoms with E-state index in [4.69, 9.17) is 5.11 Å². The van der Waals surface area contributed by atoms with Crippen LogP contribution in [-0.2, 0) is 14.6 Å². The fourth-order valence-corrected chi connectivity index (χ4v) is 3.05. The first-order chi connectivity index (χ1) is 7.79. The van der Waals surface area contributed by atoms with Crippen LogP contribution in [0, 0.1) is 0 Å². The van der Waals surface area contributed by atoms with E-state index in [-0.39, 0.29) is 17.5 Å². The van der Waals surface area contributed by atoms with Crippen LogP contribution in [0.25, 0.3) is 0 Å². The van der Waals surface area contributed by atoms with Crippen molar-refractivity contribution >= 4 is 27.6 Å². The molecule has 1 unspecified atom stereocenters. The molecule has 1 aromatic heterocycles. The van der Waals surface area contributed by atoms with Gasteiger partial charge >= 0.3 is 5.97 Å². The summed E-state index contributed by atoms with van der Waals surface area (Å²) in [6, 6.07) is -0.323. The minimum atomic E-state index is -3.10. The molecule has 0 aliphatic rings. The number of carboxylic acid groups (broad SMARTS) is 1. The van der Waals surface area contributed by atoms with Crippen molar-refractivity contribution in [2.24, 2.45) is 0 Å². The second-order valence-electron chi connectivity index (χ2n) is 3.64. The van der Waals surface area contributed by atoms with E-state index in [9.17, 15) is 13.2 Å². The molecule has 1 atom stereocenters. The molecule has 0 radical (unpaired) electrons. The molecule has 0 amide bonds. The van der Waals surface area contributed by atoms with E-state index in [1.807, 2.05) is 0 Å². The maximum atomic E-state index is 11.2. The average Bonchev–Trinajstić information content (AvgIpc) is 2.59. The Balaban J connectivity index is 2.77. The molecule has 1 aromatic rings. The second kappa shape index (κ2) is 5.50. The molecule has 7 nitrogen and oxygen atoms in total. The van der Waals surface area contributed by atoms with Gasteiger partial charge in [0.05, 0.1) is 11.5 Å². The molecule has 17 heavy (non-hydrogen) atoms. The van der Waals surface area contributed by atoms with E-state index in [2.05, 4.69) is 10.2 Å². The molecule has 0 spiro atoms. The quantitative estimate of drug-likeness (QED) is 0.734. The van der Waals surface area contributed by atoms with Crippen LogP contribution in [0.2, 0.25) is 0 Å². The minimum absolute atomic E-state index is 0.0360. The number of nitrogens with zero attached hydrogens (tertiary/aromatic N) is 3. The van der Waals surface area contributed by atoms with Gasteiger partial charge in [0, 0.05) is 12.3 Å². The molecule has 1 N–H and O–H groups in total. The Hall–Kier alpha value is -1.09. The zero-order valence-electron chi connectivity index (χ0n) is 9.40. The van der Waals surface area contributed by atoms with Gasteiger partial charge in [-0.3, -0.25) is 4.79 Å². The van der Waals surface area contributed by atoms with Crippen molar-refractivity contribution in [2.45, 2.75) is 18.1 Å². The SMILES string of the molecule is CC(CS(C)(=O)=O)n1cnnc1SCC(=O)O. The molecule has 0 aromatic carbocycles. The summed E-state index contributed by atoms with van der Waals surface area (Å²) in [4.78, 5) is 10.4. The highest BCUT2D eigenvalue weighted by Crippen LogP contribution is 2.19. The summed E-state index contributed by atoms with van der Waals surface area (Å²) >= 11 is 1.01. The van der Waals surface area contributed by atoms with Crippen molar-refractivity contribution < 1.29 is 18.3 Å². The largest absolute Gasteiger partial charge is 0.481 e. The molecular formula is C8H13N3O4S2. The van der Waals surface area contributed by atoms with E-state index in [1.54, 1.807) is 11.5 Å². The molecular weight excluding hydrogens is 266 g/mol. The van der Waals surface area contributed by atoms with Gasteiger partial charge in [-0.15, -0.1) is 10.2 Å². The van der Waals surface area contributed by atoms with Crippen molar-refractivity contribution in [3.63, 3.8) is 0 Å². The number of aromatic nitrogens is 3. The van der Waals surface area contributed by atoms with Gasteiger partial charge in [-0.25, -0.2) is 8.42 Å². The molecule has 0 saturated carbocycles. The van der Waals surface area contributed by atoms with E-state index in [0.717, 1.165) is 18.0 Å². The first-order valence-electron chi connectivity index (χ1n) is 4.71. The first-order valence-corrected chi connectivity index (χ1v) is 7.76. The number of rotatable bonds is 6. The summed E-state index contributed by atoms with van der Waals surface area (Å²) in [6.45, 7) is 1.72. The maximum Gasteiger partial charge on any atom is 0.313 e. The van der Waals surface area contributed by atoms with E-state index in [1.165, 1.54) is 6.33 Å². The minimum Gasteiger partial charge on any atom is -0.481 e. The normalized spacial score (nSPS) is 13.5. The number of thioether (sulfide) groups is 1. The molecule has 0 fully saturated rings. The van der Waals surface area contributed by atoms with Crippen LogP contribution in [0.15, 0.2) is 11.5 Å². The Kier molecular flexibility index (Phi) is 4.52. The third-order valence-corrected chi connectivity index (χ3v) is 3.91. The summed E-state index contributed by atoms with van der Waals surface area (Å²) in [6.07, 6.45) is 2.55. The van der Waals surface area contributed by atoms with Crippen LogP contribution >= 0.6 is 11.8 Å². The lowest BCUT2D eigenvalue weighted by Crippen LogP contribution is -2.17. The van der Waals surface area contributed by atoms with Crippen LogP contribution in [0.5, 0.6) is 0 Å². The Labute approximate surface area is 103 Å². The lowest BCUT2D eigenvalue weighted by Gasteiger charge is -2.13. The van der Waals surface area contributed by atoms with Crippen LogP contribution in [0.4, 0.5) is 0 Å². The number of carbonyl (C=O) groups is 1. The molecule has 0 saturated heterocycles. The third-order valence-electron chi connectivity index (χ3n) is 1.88. The highest BCUT2D eigenvalue weighted by molar-refractivity contribution is 7.99. The average molecular weight is 279 g/mol. The lowest BCUT2D eigenvalue weighted by molar-refractivity contribution is -0.133. The molecule has 1 heterocycles. The van der Waals surface area contributed by atoms with Gasteiger partial charge in [0.15, 0.2) is 5.16 Å². The van der Waals surface area contributed by atoms with Gasteiger partial charge < -0.3 is 9.67 Å². The molecule has 96 valence electrons. The van der Waals surface area contributed by atoms with E-state index >= 15 is 0 Å². The Morgan fingerprint density at radius 2 is 2.29 bits per heavy atom. The number of carboxylic acids is 1. The second-order valence-corrected chi connectivity index (χ2v) is 6.77. The number of hydrogen-bond donors (Lipinski definition) is 1. The predicted octanol–water partition coefficient (Wildman–Crippen LogP) is 0.0604. The highest BCUT2D eigenvalue weighted by atomic mass is 32.2. The van der Waals surface area contributed by atoms with Gasteiger partial charge in [-0.2, -0.15) is 0 Å². The summed E-state index contributed by atoms with van der Waals surface area (Å²) in [5, 5.41) is 16.4. The fourth-order valence-electron chi connectivity index (χ4n) is 1.28. The van der Waals surface area contributed by atoms with Gasteiger partial charge in [-0.1, -0.05) is 11.8 Å². The van der Waals surface area contributed by atoms with Crippen molar-refractivity contribution in [3.8, 4) is 0 Å². The predicted molar refractivity (Wildman–Crippen MR) is 62.8 cm³/mol. The third kappa shape index (κ3) is 4.73.